The summed E-state index contributed by atoms with van der Waals surface area (Å²) in [5.74, 6) is 0. The molecule has 0 aliphatic carbocycles. The van der Waals surface area contributed by atoms with Gasteiger partial charge in [0.15, 0.2) is 0 Å². The van der Waals surface area contributed by atoms with Gasteiger partial charge in [0.05, 0.1) is 11.4 Å². The molecule has 0 bridgehead atoms. The van der Waals surface area contributed by atoms with Crippen molar-refractivity contribution in [3.8, 4) is 0 Å². The molecule has 4 nitrogen and oxygen atoms in total. The molecule has 0 aliphatic heterocycles. The van der Waals surface area contributed by atoms with Crippen molar-refractivity contribution in [2.45, 2.75) is 89.4 Å². The summed E-state index contributed by atoms with van der Waals surface area (Å²) in [5.41, 5.74) is 0. The molecule has 0 heterocycles. The fourth-order valence-electron chi connectivity index (χ4n) is 2.25. The van der Waals surface area contributed by atoms with Crippen LogP contribution in [0.2, 0.25) is 0 Å². The third-order valence-electron chi connectivity index (χ3n) is 3.50. The third kappa shape index (κ3) is 11.5. The Morgan fingerprint density at radius 1 is 0.900 bits per heavy atom. The van der Waals surface area contributed by atoms with Crippen LogP contribution in [0, 0.1) is 0 Å². The largest absolute Gasteiger partial charge is 1.00 e. The summed E-state index contributed by atoms with van der Waals surface area (Å²) in [6.45, 7) is 4.09. The van der Waals surface area contributed by atoms with E-state index in [0.717, 1.165) is 25.7 Å². The minimum atomic E-state index is -4.39. The van der Waals surface area contributed by atoms with Crippen molar-refractivity contribution < 1.29 is 47.6 Å². The van der Waals surface area contributed by atoms with Crippen molar-refractivity contribution in [1.29, 1.82) is 0 Å². The molecule has 0 amide bonds. The third-order valence-corrected chi connectivity index (χ3v) is 4.79. The van der Waals surface area contributed by atoms with E-state index in [9.17, 15) is 18.1 Å². The zero-order valence-electron chi connectivity index (χ0n) is 13.3. The predicted octanol–water partition coefficient (Wildman–Crippen LogP) is 0.206. The molecule has 0 aromatic carbocycles. The van der Waals surface area contributed by atoms with Gasteiger partial charge in [0.1, 0.15) is 10.1 Å². The van der Waals surface area contributed by atoms with Gasteiger partial charge in [-0.1, -0.05) is 65.2 Å². The van der Waals surface area contributed by atoms with Gasteiger partial charge >= 0.3 is 29.6 Å². The summed E-state index contributed by atoms with van der Waals surface area (Å²) >= 11 is 0. The van der Waals surface area contributed by atoms with E-state index in [-0.39, 0.29) is 36.0 Å². The van der Waals surface area contributed by atoms with E-state index in [1.165, 1.54) is 19.3 Å². The van der Waals surface area contributed by atoms with E-state index in [4.69, 9.17) is 0 Å². The first-order valence-electron chi connectivity index (χ1n) is 7.56. The molecule has 0 saturated carbocycles. The van der Waals surface area contributed by atoms with Crippen LogP contribution in [-0.2, 0) is 10.1 Å². The molecule has 0 rings (SSSR count). The van der Waals surface area contributed by atoms with Crippen molar-refractivity contribution >= 4 is 10.1 Å². The summed E-state index contributed by atoms with van der Waals surface area (Å²) in [4.78, 5) is 0. The summed E-state index contributed by atoms with van der Waals surface area (Å²) in [6, 6.07) is 0. The first-order chi connectivity index (χ1) is 8.93. The second-order valence-corrected chi connectivity index (χ2v) is 6.89. The average Bonchev–Trinajstić information content (AvgIpc) is 2.32. The molecule has 0 fully saturated rings. The Morgan fingerprint density at radius 2 is 1.40 bits per heavy atom. The normalized spacial score (nSPS) is 14.6. The standard InChI is InChI=1S/C14H30O4S.Na/c1-3-5-7-8-9-10-11-13(15)14(12-6-4-2)19(16,17)18;/h13-15H,3-12H2,1-2H3,(H,16,17,18);/q;+1/p-1. The van der Waals surface area contributed by atoms with Gasteiger partial charge in [-0.05, 0) is 12.8 Å². The summed E-state index contributed by atoms with van der Waals surface area (Å²) < 4.78 is 33.4. The molecule has 0 spiro atoms. The van der Waals surface area contributed by atoms with E-state index >= 15 is 0 Å². The number of unbranched alkanes of at least 4 members (excludes halogenated alkanes) is 6. The molecule has 1 N–H and O–H groups in total. The number of hydrogen-bond acceptors (Lipinski definition) is 4. The fourth-order valence-corrected chi connectivity index (χ4v) is 3.23. The quantitative estimate of drug-likeness (QED) is 0.317. The Bertz CT molecular complexity index is 306. The Kier molecular flexibility index (Phi) is 15.7. The van der Waals surface area contributed by atoms with Crippen LogP contribution in [0.1, 0.15) is 78.1 Å². The first-order valence-corrected chi connectivity index (χ1v) is 9.03. The summed E-state index contributed by atoms with van der Waals surface area (Å²) in [6.07, 6.45) is 7.69. The molecule has 0 radical (unpaired) electrons. The Morgan fingerprint density at radius 3 is 1.90 bits per heavy atom. The van der Waals surface area contributed by atoms with Gasteiger partial charge < -0.3 is 9.66 Å². The number of hydrogen-bond donors (Lipinski definition) is 1. The van der Waals surface area contributed by atoms with Crippen molar-refractivity contribution in [2.75, 3.05) is 0 Å². The van der Waals surface area contributed by atoms with Gasteiger partial charge in [-0.3, -0.25) is 0 Å². The van der Waals surface area contributed by atoms with E-state index in [1.807, 2.05) is 6.92 Å². The molecule has 20 heavy (non-hydrogen) atoms. The molecule has 0 aromatic heterocycles. The number of rotatable bonds is 12. The smallest absolute Gasteiger partial charge is 0.748 e. The fraction of sp³-hybridized carbons (Fsp3) is 1.00. The molecule has 0 aliphatic rings. The summed E-state index contributed by atoms with van der Waals surface area (Å²) in [7, 11) is -4.39. The average molecular weight is 316 g/mol. The predicted molar refractivity (Wildman–Crippen MR) is 77.0 cm³/mol. The molecule has 0 aromatic rings. The monoisotopic (exact) mass is 316 g/mol. The van der Waals surface area contributed by atoms with Crippen LogP contribution >= 0.6 is 0 Å². The molecular weight excluding hydrogens is 287 g/mol. The maximum atomic E-state index is 11.1. The second-order valence-electron chi connectivity index (χ2n) is 5.30. The summed E-state index contributed by atoms with van der Waals surface area (Å²) in [5, 5.41) is 8.77. The van der Waals surface area contributed by atoms with E-state index in [0.29, 0.717) is 12.8 Å². The van der Waals surface area contributed by atoms with Crippen LogP contribution in [0.15, 0.2) is 0 Å². The molecular formula is C14H29NaO4S. The van der Waals surface area contributed by atoms with Crippen LogP contribution < -0.4 is 29.6 Å². The minimum Gasteiger partial charge on any atom is -0.748 e. The molecule has 116 valence electrons. The van der Waals surface area contributed by atoms with Crippen molar-refractivity contribution in [1.82, 2.24) is 0 Å². The zero-order chi connectivity index (χ0) is 14.7. The van der Waals surface area contributed by atoms with Gasteiger partial charge in [0.25, 0.3) is 0 Å². The molecule has 2 unspecified atom stereocenters. The van der Waals surface area contributed by atoms with E-state index < -0.39 is 21.5 Å². The van der Waals surface area contributed by atoms with Gasteiger partial charge in [-0.2, -0.15) is 0 Å². The number of aliphatic hydroxyl groups is 1. The second kappa shape index (κ2) is 13.5. The first kappa shape index (κ1) is 23.1. The SMILES string of the molecule is CCCCCCCCC(O)C(CCCC)S(=O)(=O)[O-].[Na+]. The van der Waals surface area contributed by atoms with Crippen molar-refractivity contribution in [3.05, 3.63) is 0 Å². The van der Waals surface area contributed by atoms with Gasteiger partial charge in [0.2, 0.25) is 0 Å². The molecule has 6 heteroatoms. The van der Waals surface area contributed by atoms with Crippen LogP contribution in [-0.4, -0.2) is 29.4 Å². The van der Waals surface area contributed by atoms with Gasteiger partial charge in [-0.15, -0.1) is 0 Å². The molecule has 0 saturated heterocycles. The van der Waals surface area contributed by atoms with E-state index in [2.05, 4.69) is 6.92 Å². The topological polar surface area (TPSA) is 77.4 Å². The van der Waals surface area contributed by atoms with Crippen molar-refractivity contribution in [2.24, 2.45) is 0 Å². The van der Waals surface area contributed by atoms with Crippen LogP contribution in [0.5, 0.6) is 0 Å². The molecule has 2 atom stereocenters. The van der Waals surface area contributed by atoms with Crippen molar-refractivity contribution in [3.63, 3.8) is 0 Å². The van der Waals surface area contributed by atoms with Crippen LogP contribution in [0.4, 0.5) is 0 Å². The van der Waals surface area contributed by atoms with Crippen LogP contribution in [0.25, 0.3) is 0 Å². The van der Waals surface area contributed by atoms with E-state index in [1.54, 1.807) is 0 Å². The number of aliphatic hydroxyl groups excluding tert-OH is 1. The van der Waals surface area contributed by atoms with Crippen LogP contribution in [0.3, 0.4) is 0 Å². The Labute approximate surface area is 146 Å². The van der Waals surface area contributed by atoms with Gasteiger partial charge in [0, 0.05) is 0 Å². The minimum absolute atomic E-state index is 0. The zero-order valence-corrected chi connectivity index (χ0v) is 16.1. The maximum absolute atomic E-state index is 11.1. The Balaban J connectivity index is 0. The Hall–Kier alpha value is 0.870. The van der Waals surface area contributed by atoms with Gasteiger partial charge in [-0.25, -0.2) is 8.42 Å². The maximum Gasteiger partial charge on any atom is 1.00 e.